The van der Waals surface area contributed by atoms with Gasteiger partial charge in [0.15, 0.2) is 0 Å². The van der Waals surface area contributed by atoms with E-state index in [9.17, 15) is 4.79 Å². The van der Waals surface area contributed by atoms with E-state index in [0.29, 0.717) is 18.5 Å². The molecule has 1 aliphatic rings. The summed E-state index contributed by atoms with van der Waals surface area (Å²) in [5.74, 6) is 0.0878. The van der Waals surface area contributed by atoms with E-state index in [-0.39, 0.29) is 11.9 Å². The molecule has 88 valence electrons. The molecule has 0 aromatic carbocycles. The highest BCUT2D eigenvalue weighted by Gasteiger charge is 2.20. The van der Waals surface area contributed by atoms with Gasteiger partial charge in [0, 0.05) is 24.5 Å². The highest BCUT2D eigenvalue weighted by molar-refractivity contribution is 5.76. The lowest BCUT2D eigenvalue weighted by atomic mass is 9.91. The van der Waals surface area contributed by atoms with Gasteiger partial charge in [-0.1, -0.05) is 6.92 Å². The molecule has 1 rings (SSSR count). The summed E-state index contributed by atoms with van der Waals surface area (Å²) in [5.41, 5.74) is 11.5. The van der Waals surface area contributed by atoms with Crippen LogP contribution < -0.4 is 16.8 Å². The minimum absolute atomic E-state index is 0.00384. The van der Waals surface area contributed by atoms with Crippen LogP contribution in [-0.4, -0.2) is 24.0 Å². The largest absolute Gasteiger partial charge is 0.353 e. The lowest BCUT2D eigenvalue weighted by Crippen LogP contribution is -2.42. The average Bonchev–Trinajstić information content (AvgIpc) is 2.21. The summed E-state index contributed by atoms with van der Waals surface area (Å²) >= 11 is 0. The SMILES string of the molecule is CCC(N)CC(=O)NC1CCC(N)CC1. The Labute approximate surface area is 91.8 Å². The summed E-state index contributed by atoms with van der Waals surface area (Å²) in [6.45, 7) is 2.00. The van der Waals surface area contributed by atoms with Gasteiger partial charge in [-0.15, -0.1) is 0 Å². The minimum atomic E-state index is -0.00384. The molecule has 4 nitrogen and oxygen atoms in total. The van der Waals surface area contributed by atoms with Crippen molar-refractivity contribution >= 4 is 5.91 Å². The first-order valence-corrected chi connectivity index (χ1v) is 5.92. The summed E-state index contributed by atoms with van der Waals surface area (Å²) < 4.78 is 0. The number of carbonyl (C=O) groups excluding carboxylic acids is 1. The first-order chi connectivity index (χ1) is 7.11. The van der Waals surface area contributed by atoms with E-state index in [4.69, 9.17) is 11.5 Å². The third-order valence-corrected chi connectivity index (χ3v) is 3.11. The van der Waals surface area contributed by atoms with E-state index < -0.39 is 0 Å². The molecule has 1 amide bonds. The predicted molar refractivity (Wildman–Crippen MR) is 61.3 cm³/mol. The van der Waals surface area contributed by atoms with E-state index in [1.54, 1.807) is 0 Å². The molecule has 0 aromatic heterocycles. The molecule has 1 atom stereocenters. The number of hydrogen-bond donors (Lipinski definition) is 3. The Morgan fingerprint density at radius 2 is 2.00 bits per heavy atom. The summed E-state index contributed by atoms with van der Waals surface area (Å²) in [5, 5.41) is 3.03. The van der Waals surface area contributed by atoms with E-state index in [0.717, 1.165) is 32.1 Å². The Hall–Kier alpha value is -0.610. The molecule has 0 aliphatic heterocycles. The Morgan fingerprint density at radius 3 is 2.53 bits per heavy atom. The van der Waals surface area contributed by atoms with Crippen molar-refractivity contribution < 1.29 is 4.79 Å². The quantitative estimate of drug-likeness (QED) is 0.636. The van der Waals surface area contributed by atoms with Crippen molar-refractivity contribution in [3.8, 4) is 0 Å². The number of hydrogen-bond acceptors (Lipinski definition) is 3. The second kappa shape index (κ2) is 6.08. The van der Waals surface area contributed by atoms with Crippen LogP contribution in [0.5, 0.6) is 0 Å². The van der Waals surface area contributed by atoms with Crippen LogP contribution >= 0.6 is 0 Å². The van der Waals surface area contributed by atoms with Crippen molar-refractivity contribution in [1.82, 2.24) is 5.32 Å². The third-order valence-electron chi connectivity index (χ3n) is 3.11. The predicted octanol–water partition coefficient (Wildman–Crippen LogP) is 0.500. The number of amides is 1. The van der Waals surface area contributed by atoms with E-state index in [1.807, 2.05) is 6.92 Å². The smallest absolute Gasteiger partial charge is 0.221 e. The fraction of sp³-hybridized carbons (Fsp3) is 0.909. The second-order valence-corrected chi connectivity index (χ2v) is 4.55. The Kier molecular flexibility index (Phi) is 5.05. The molecule has 0 bridgehead atoms. The van der Waals surface area contributed by atoms with E-state index in [2.05, 4.69) is 5.32 Å². The number of nitrogens with one attached hydrogen (secondary N) is 1. The van der Waals surface area contributed by atoms with Gasteiger partial charge < -0.3 is 16.8 Å². The molecule has 0 saturated heterocycles. The fourth-order valence-corrected chi connectivity index (χ4v) is 1.93. The lowest BCUT2D eigenvalue weighted by molar-refractivity contribution is -0.122. The maximum atomic E-state index is 11.5. The van der Waals surface area contributed by atoms with Crippen molar-refractivity contribution in [1.29, 1.82) is 0 Å². The number of rotatable bonds is 4. The van der Waals surface area contributed by atoms with Gasteiger partial charge in [0.2, 0.25) is 5.91 Å². The Bertz CT molecular complexity index is 200. The third kappa shape index (κ3) is 4.62. The average molecular weight is 213 g/mol. The number of nitrogens with two attached hydrogens (primary N) is 2. The zero-order valence-corrected chi connectivity index (χ0v) is 9.54. The van der Waals surface area contributed by atoms with Crippen molar-refractivity contribution in [2.45, 2.75) is 63.6 Å². The van der Waals surface area contributed by atoms with Gasteiger partial charge in [-0.25, -0.2) is 0 Å². The molecule has 15 heavy (non-hydrogen) atoms. The highest BCUT2D eigenvalue weighted by Crippen LogP contribution is 2.16. The molecular weight excluding hydrogens is 190 g/mol. The summed E-state index contributed by atoms with van der Waals surface area (Å²) in [6, 6.07) is 0.647. The van der Waals surface area contributed by atoms with Gasteiger partial charge in [-0.05, 0) is 32.1 Å². The zero-order valence-electron chi connectivity index (χ0n) is 9.54. The van der Waals surface area contributed by atoms with Gasteiger partial charge in [-0.3, -0.25) is 4.79 Å². The normalized spacial score (nSPS) is 28.5. The van der Waals surface area contributed by atoms with Crippen LogP contribution in [0.1, 0.15) is 45.4 Å². The van der Waals surface area contributed by atoms with Crippen LogP contribution in [-0.2, 0) is 4.79 Å². The van der Waals surface area contributed by atoms with Crippen LogP contribution in [0, 0.1) is 0 Å². The maximum absolute atomic E-state index is 11.5. The van der Waals surface area contributed by atoms with Crippen LogP contribution in [0.3, 0.4) is 0 Å². The van der Waals surface area contributed by atoms with Gasteiger partial charge >= 0.3 is 0 Å². The molecule has 5 N–H and O–H groups in total. The van der Waals surface area contributed by atoms with Gasteiger partial charge in [0.1, 0.15) is 0 Å². The van der Waals surface area contributed by atoms with E-state index in [1.165, 1.54) is 0 Å². The molecule has 0 radical (unpaired) electrons. The molecular formula is C11H23N3O. The second-order valence-electron chi connectivity index (χ2n) is 4.55. The Balaban J connectivity index is 2.20. The van der Waals surface area contributed by atoms with E-state index >= 15 is 0 Å². The standard InChI is InChI=1S/C11H23N3O/c1-2-8(12)7-11(15)14-10-5-3-9(13)4-6-10/h8-10H,2-7,12-13H2,1H3,(H,14,15). The Morgan fingerprint density at radius 1 is 1.40 bits per heavy atom. The van der Waals surface area contributed by atoms with Gasteiger partial charge in [0.05, 0.1) is 0 Å². The first-order valence-electron chi connectivity index (χ1n) is 5.92. The maximum Gasteiger partial charge on any atom is 0.221 e. The van der Waals surface area contributed by atoms with Gasteiger partial charge in [0.25, 0.3) is 0 Å². The van der Waals surface area contributed by atoms with Gasteiger partial charge in [-0.2, -0.15) is 0 Å². The summed E-state index contributed by atoms with van der Waals surface area (Å²) in [4.78, 5) is 11.5. The van der Waals surface area contributed by atoms with Crippen molar-refractivity contribution in [3.63, 3.8) is 0 Å². The van der Waals surface area contributed by atoms with Crippen molar-refractivity contribution in [3.05, 3.63) is 0 Å². The molecule has 0 aromatic rings. The summed E-state index contributed by atoms with van der Waals surface area (Å²) in [7, 11) is 0. The fourth-order valence-electron chi connectivity index (χ4n) is 1.93. The zero-order chi connectivity index (χ0) is 11.3. The lowest BCUT2D eigenvalue weighted by Gasteiger charge is -2.27. The highest BCUT2D eigenvalue weighted by atomic mass is 16.1. The van der Waals surface area contributed by atoms with Crippen LogP contribution in [0.15, 0.2) is 0 Å². The van der Waals surface area contributed by atoms with Crippen LogP contribution in [0.2, 0.25) is 0 Å². The van der Waals surface area contributed by atoms with Crippen LogP contribution in [0.25, 0.3) is 0 Å². The topological polar surface area (TPSA) is 81.1 Å². The summed E-state index contributed by atoms with van der Waals surface area (Å²) in [6.07, 6.45) is 5.35. The molecule has 1 unspecified atom stereocenters. The first kappa shape index (κ1) is 12.5. The molecule has 1 fully saturated rings. The molecule has 4 heteroatoms. The monoisotopic (exact) mass is 213 g/mol. The molecule has 0 heterocycles. The van der Waals surface area contributed by atoms with Crippen LogP contribution in [0.4, 0.5) is 0 Å². The molecule has 1 aliphatic carbocycles. The van der Waals surface area contributed by atoms with Crippen molar-refractivity contribution in [2.24, 2.45) is 11.5 Å². The molecule has 1 saturated carbocycles. The minimum Gasteiger partial charge on any atom is -0.353 e. The van der Waals surface area contributed by atoms with Crippen molar-refractivity contribution in [2.75, 3.05) is 0 Å². The molecule has 0 spiro atoms. The number of carbonyl (C=O) groups is 1.